The maximum atomic E-state index is 13.2. The van der Waals surface area contributed by atoms with Crippen LogP contribution >= 0.6 is 23.4 Å². The van der Waals surface area contributed by atoms with E-state index < -0.39 is 11.3 Å². The van der Waals surface area contributed by atoms with Gasteiger partial charge in [-0.05, 0) is 43.5 Å². The van der Waals surface area contributed by atoms with Crippen molar-refractivity contribution in [1.82, 2.24) is 4.90 Å². The Kier molecular flexibility index (Phi) is 6.16. The van der Waals surface area contributed by atoms with Crippen LogP contribution in [0.2, 0.25) is 5.02 Å². The molecular weight excluding hydrogens is 432 g/mol. The summed E-state index contributed by atoms with van der Waals surface area (Å²) in [6.45, 7) is 5.93. The highest BCUT2D eigenvalue weighted by Crippen LogP contribution is 2.35. The fraction of sp³-hybridized carbons (Fsp3) is 0.304. The van der Waals surface area contributed by atoms with Crippen LogP contribution in [0.1, 0.15) is 32.8 Å². The summed E-state index contributed by atoms with van der Waals surface area (Å²) in [5, 5.41) is 3.28. The van der Waals surface area contributed by atoms with Gasteiger partial charge in [-0.1, -0.05) is 61.5 Å². The van der Waals surface area contributed by atoms with Crippen LogP contribution < -0.4 is 5.32 Å². The van der Waals surface area contributed by atoms with Crippen molar-refractivity contribution >= 4 is 57.6 Å². The van der Waals surface area contributed by atoms with Gasteiger partial charge in [0.25, 0.3) is 5.91 Å². The van der Waals surface area contributed by atoms with E-state index in [-0.39, 0.29) is 11.8 Å². The van der Waals surface area contributed by atoms with Gasteiger partial charge in [0.2, 0.25) is 5.91 Å². The summed E-state index contributed by atoms with van der Waals surface area (Å²) in [7, 11) is 0. The number of thioether (sulfide) groups is 1. The predicted octanol–water partition coefficient (Wildman–Crippen LogP) is 5.11. The van der Waals surface area contributed by atoms with Gasteiger partial charge in [-0.3, -0.25) is 14.6 Å². The molecule has 6 nitrogen and oxygen atoms in total. The smallest absolute Gasteiger partial charge is 0.259 e. The molecule has 2 aliphatic rings. The summed E-state index contributed by atoms with van der Waals surface area (Å²) in [5.74, 6) is 0.636. The molecule has 2 heterocycles. The Morgan fingerprint density at radius 2 is 1.87 bits per heavy atom. The van der Waals surface area contributed by atoms with Gasteiger partial charge in [0, 0.05) is 5.56 Å². The lowest BCUT2D eigenvalue weighted by atomic mass is 10.0. The van der Waals surface area contributed by atoms with E-state index in [1.165, 1.54) is 11.8 Å². The van der Waals surface area contributed by atoms with Crippen molar-refractivity contribution in [3.05, 3.63) is 59.1 Å². The molecule has 0 fully saturated rings. The zero-order chi connectivity index (χ0) is 22.1. The molecule has 8 heteroatoms. The second kappa shape index (κ2) is 8.85. The highest BCUT2D eigenvalue weighted by Gasteiger charge is 2.42. The third-order valence-corrected chi connectivity index (χ3v) is 6.41. The fourth-order valence-electron chi connectivity index (χ4n) is 3.49. The number of fused-ring (bicyclic) bond motifs is 3. The lowest BCUT2D eigenvalue weighted by molar-refractivity contribution is -0.125. The van der Waals surface area contributed by atoms with E-state index in [1.807, 2.05) is 30.3 Å². The highest BCUT2D eigenvalue weighted by atomic mass is 35.5. The van der Waals surface area contributed by atoms with Crippen molar-refractivity contribution in [2.45, 2.75) is 38.5 Å². The van der Waals surface area contributed by atoms with E-state index in [0.717, 1.165) is 11.3 Å². The van der Waals surface area contributed by atoms with Crippen LogP contribution in [0.15, 0.2) is 58.5 Å². The molecule has 0 saturated heterocycles. The Bertz CT molecular complexity index is 1100. The number of nitrogens with one attached hydrogen (secondary N) is 1. The standard InChI is InChI=1S/C23H23ClN4O2S/c1-13(2)12-19-22(30)28-20(25-19)15-8-4-6-10-17(15)27-23(28)31-14(3)21(29)26-18-11-7-5-9-16(18)24/h4-11,13-14,19H,12H2,1-3H3,(H,26,29). The summed E-state index contributed by atoms with van der Waals surface area (Å²) in [6.07, 6.45) is 0.668. The lowest BCUT2D eigenvalue weighted by Crippen LogP contribution is -2.42. The van der Waals surface area contributed by atoms with Gasteiger partial charge in [-0.25, -0.2) is 9.89 Å². The van der Waals surface area contributed by atoms with Crippen LogP contribution in [-0.4, -0.2) is 39.0 Å². The fourth-order valence-corrected chi connectivity index (χ4v) is 4.59. The Balaban J connectivity index is 1.60. The number of amidine groups is 2. The van der Waals surface area contributed by atoms with E-state index in [4.69, 9.17) is 21.6 Å². The first-order valence-corrected chi connectivity index (χ1v) is 11.4. The molecule has 0 aliphatic carbocycles. The normalized spacial score (nSPS) is 18.3. The highest BCUT2D eigenvalue weighted by molar-refractivity contribution is 8.15. The molecular formula is C23H23ClN4O2S. The number of aliphatic imine (C=N–C) groups is 2. The van der Waals surface area contributed by atoms with Gasteiger partial charge in [-0.15, -0.1) is 0 Å². The number of carbonyl (C=O) groups is 2. The number of hydrogen-bond acceptors (Lipinski definition) is 5. The number of anilines is 1. The minimum Gasteiger partial charge on any atom is -0.324 e. The Morgan fingerprint density at radius 3 is 2.61 bits per heavy atom. The zero-order valence-corrected chi connectivity index (χ0v) is 19.1. The average molecular weight is 455 g/mol. The van der Waals surface area contributed by atoms with E-state index in [2.05, 4.69) is 19.2 Å². The van der Waals surface area contributed by atoms with Crippen LogP contribution in [-0.2, 0) is 9.59 Å². The molecule has 2 aromatic rings. The van der Waals surface area contributed by atoms with Gasteiger partial charge in [-0.2, -0.15) is 0 Å². The van der Waals surface area contributed by atoms with Crippen LogP contribution in [0, 0.1) is 5.92 Å². The molecule has 0 saturated carbocycles. The number of para-hydroxylation sites is 2. The molecule has 0 bridgehead atoms. The molecule has 160 valence electrons. The molecule has 1 N–H and O–H groups in total. The van der Waals surface area contributed by atoms with Gasteiger partial charge < -0.3 is 5.32 Å². The van der Waals surface area contributed by atoms with Gasteiger partial charge in [0.1, 0.15) is 11.9 Å². The molecule has 31 heavy (non-hydrogen) atoms. The summed E-state index contributed by atoms with van der Waals surface area (Å²) < 4.78 is 0. The van der Waals surface area contributed by atoms with Crippen molar-refractivity contribution in [3.8, 4) is 0 Å². The van der Waals surface area contributed by atoms with Gasteiger partial charge >= 0.3 is 0 Å². The summed E-state index contributed by atoms with van der Waals surface area (Å²) >= 11 is 7.39. The second-order valence-corrected chi connectivity index (χ2v) is 9.63. The first-order chi connectivity index (χ1) is 14.8. The van der Waals surface area contributed by atoms with Crippen molar-refractivity contribution < 1.29 is 9.59 Å². The third-order valence-electron chi connectivity index (χ3n) is 5.03. The number of halogens is 1. The van der Waals surface area contributed by atoms with Gasteiger partial charge in [0.15, 0.2) is 5.17 Å². The Labute approximate surface area is 190 Å². The Hall–Kier alpha value is -2.64. The largest absolute Gasteiger partial charge is 0.324 e. The molecule has 0 aromatic heterocycles. The van der Waals surface area contributed by atoms with Crippen LogP contribution in [0.25, 0.3) is 0 Å². The van der Waals surface area contributed by atoms with Crippen LogP contribution in [0.5, 0.6) is 0 Å². The van der Waals surface area contributed by atoms with Crippen LogP contribution in [0.4, 0.5) is 11.4 Å². The minimum atomic E-state index is -0.501. The first kappa shape index (κ1) is 21.6. The maximum absolute atomic E-state index is 13.2. The summed E-state index contributed by atoms with van der Waals surface area (Å²) in [6, 6.07) is 14.3. The number of hydrogen-bond donors (Lipinski definition) is 1. The van der Waals surface area contributed by atoms with E-state index in [0.29, 0.717) is 34.1 Å². The van der Waals surface area contributed by atoms with E-state index in [1.54, 1.807) is 30.0 Å². The van der Waals surface area contributed by atoms with Crippen molar-refractivity contribution in [3.63, 3.8) is 0 Å². The monoisotopic (exact) mass is 454 g/mol. The second-order valence-electron chi connectivity index (χ2n) is 7.91. The topological polar surface area (TPSA) is 74.1 Å². The predicted molar refractivity (Wildman–Crippen MR) is 127 cm³/mol. The van der Waals surface area contributed by atoms with Crippen molar-refractivity contribution in [1.29, 1.82) is 0 Å². The lowest BCUT2D eigenvalue weighted by Gasteiger charge is -2.27. The molecule has 0 radical (unpaired) electrons. The number of amides is 2. The summed E-state index contributed by atoms with van der Waals surface area (Å²) in [5.41, 5.74) is 2.13. The molecule has 2 aliphatic heterocycles. The van der Waals surface area contributed by atoms with Crippen molar-refractivity contribution in [2.24, 2.45) is 15.9 Å². The minimum absolute atomic E-state index is 0.0943. The number of carbonyl (C=O) groups excluding carboxylic acids is 2. The zero-order valence-electron chi connectivity index (χ0n) is 17.5. The SMILES string of the molecule is CC(C)CC1N=C2c3ccccc3N=C(SC(C)C(=O)Nc3ccccc3Cl)N2C1=O. The number of benzene rings is 2. The molecule has 2 unspecified atom stereocenters. The third kappa shape index (κ3) is 4.38. The molecule has 2 aromatic carbocycles. The quantitative estimate of drug-likeness (QED) is 0.682. The Morgan fingerprint density at radius 1 is 1.16 bits per heavy atom. The molecule has 0 spiro atoms. The maximum Gasteiger partial charge on any atom is 0.259 e. The average Bonchev–Trinajstić information content (AvgIpc) is 3.06. The number of nitrogens with zero attached hydrogens (tertiary/aromatic N) is 3. The summed E-state index contributed by atoms with van der Waals surface area (Å²) in [4.78, 5) is 37.0. The van der Waals surface area contributed by atoms with E-state index in [9.17, 15) is 9.59 Å². The number of rotatable bonds is 5. The molecule has 4 rings (SSSR count). The van der Waals surface area contributed by atoms with Crippen molar-refractivity contribution in [2.75, 3.05) is 5.32 Å². The van der Waals surface area contributed by atoms with Crippen LogP contribution in [0.3, 0.4) is 0 Å². The van der Waals surface area contributed by atoms with Gasteiger partial charge in [0.05, 0.1) is 21.6 Å². The molecule has 2 amide bonds. The first-order valence-electron chi connectivity index (χ1n) is 10.2. The molecule has 2 atom stereocenters. The van der Waals surface area contributed by atoms with E-state index >= 15 is 0 Å².